The Hall–Kier alpha value is -0.820. The van der Waals surface area contributed by atoms with Gasteiger partial charge in [0.1, 0.15) is 0 Å². The van der Waals surface area contributed by atoms with Crippen LogP contribution in [0.5, 0.6) is 0 Å². The van der Waals surface area contributed by atoms with Crippen molar-refractivity contribution in [2.24, 2.45) is 5.41 Å². The van der Waals surface area contributed by atoms with E-state index in [1.54, 1.807) is 0 Å². The number of hydrogen-bond donors (Lipinski definition) is 0. The summed E-state index contributed by atoms with van der Waals surface area (Å²) in [5, 5.41) is 0.675. The maximum atomic E-state index is 12.1. The molecule has 2 heteroatoms. The minimum atomic E-state index is -0.0208. The SMILES string of the molecule is O=C1c2cc(Cl)ccc2CC12CCC2. The van der Waals surface area contributed by atoms with E-state index in [2.05, 4.69) is 0 Å². The summed E-state index contributed by atoms with van der Waals surface area (Å²) >= 11 is 5.89. The van der Waals surface area contributed by atoms with Crippen molar-refractivity contribution in [1.29, 1.82) is 0 Å². The van der Waals surface area contributed by atoms with Crippen LogP contribution < -0.4 is 0 Å². The summed E-state index contributed by atoms with van der Waals surface area (Å²) in [6, 6.07) is 5.71. The van der Waals surface area contributed by atoms with Gasteiger partial charge < -0.3 is 0 Å². The number of Topliss-reactive ketones (excluding diaryl/α,β-unsaturated/α-hetero) is 1. The van der Waals surface area contributed by atoms with Gasteiger partial charge in [-0.25, -0.2) is 0 Å². The highest BCUT2D eigenvalue weighted by molar-refractivity contribution is 6.31. The van der Waals surface area contributed by atoms with E-state index in [9.17, 15) is 4.79 Å². The van der Waals surface area contributed by atoms with Gasteiger partial charge in [0.15, 0.2) is 5.78 Å². The molecule has 0 aromatic heterocycles. The van der Waals surface area contributed by atoms with Crippen molar-refractivity contribution in [1.82, 2.24) is 0 Å². The van der Waals surface area contributed by atoms with Crippen molar-refractivity contribution in [3.8, 4) is 0 Å². The molecule has 0 radical (unpaired) electrons. The highest BCUT2D eigenvalue weighted by Gasteiger charge is 2.49. The summed E-state index contributed by atoms with van der Waals surface area (Å²) in [5.41, 5.74) is 2.05. The molecular weight excluding hydrogens is 196 g/mol. The van der Waals surface area contributed by atoms with Crippen molar-refractivity contribution in [2.45, 2.75) is 25.7 Å². The van der Waals surface area contributed by atoms with Gasteiger partial charge in [0.2, 0.25) is 0 Å². The Morgan fingerprint density at radius 2 is 2.07 bits per heavy atom. The standard InChI is InChI=1S/C12H11ClO/c13-9-3-2-8-7-12(4-1-5-12)11(14)10(8)6-9/h2-3,6H,1,4-5,7H2. The van der Waals surface area contributed by atoms with Crippen LogP contribution in [0, 0.1) is 5.41 Å². The second-order valence-corrected chi connectivity index (χ2v) is 4.88. The Kier molecular flexibility index (Phi) is 1.58. The molecule has 1 aromatic rings. The van der Waals surface area contributed by atoms with Gasteiger partial charge in [-0.15, -0.1) is 0 Å². The van der Waals surface area contributed by atoms with E-state index in [-0.39, 0.29) is 5.41 Å². The Balaban J connectivity index is 2.11. The van der Waals surface area contributed by atoms with E-state index in [0.29, 0.717) is 10.8 Å². The lowest BCUT2D eigenvalue weighted by Crippen LogP contribution is -2.35. The monoisotopic (exact) mass is 206 g/mol. The molecule has 0 N–H and O–H groups in total. The first-order valence-corrected chi connectivity index (χ1v) is 5.42. The Bertz CT molecular complexity index is 418. The Morgan fingerprint density at radius 3 is 2.71 bits per heavy atom. The molecule has 0 bridgehead atoms. The van der Waals surface area contributed by atoms with E-state index in [0.717, 1.165) is 24.8 Å². The first kappa shape index (κ1) is 8.49. The lowest BCUT2D eigenvalue weighted by atomic mass is 9.66. The van der Waals surface area contributed by atoms with Gasteiger partial charge in [-0.1, -0.05) is 24.1 Å². The maximum Gasteiger partial charge on any atom is 0.169 e. The highest BCUT2D eigenvalue weighted by Crippen LogP contribution is 2.51. The minimum absolute atomic E-state index is 0.0208. The second-order valence-electron chi connectivity index (χ2n) is 4.44. The van der Waals surface area contributed by atoms with E-state index in [1.165, 1.54) is 12.0 Å². The molecule has 0 aliphatic heterocycles. The summed E-state index contributed by atoms with van der Waals surface area (Å²) in [5.74, 6) is 0.334. The third-order valence-electron chi connectivity index (χ3n) is 3.64. The highest BCUT2D eigenvalue weighted by atomic mass is 35.5. The molecular formula is C12H11ClO. The Labute approximate surface area is 88.1 Å². The zero-order valence-corrected chi connectivity index (χ0v) is 8.60. The third kappa shape index (κ3) is 0.936. The average Bonchev–Trinajstić information content (AvgIpc) is 2.40. The van der Waals surface area contributed by atoms with Crippen LogP contribution in [0.4, 0.5) is 0 Å². The lowest BCUT2D eigenvalue weighted by molar-refractivity contribution is 0.0655. The first-order chi connectivity index (χ1) is 6.71. The van der Waals surface area contributed by atoms with Crippen molar-refractivity contribution < 1.29 is 4.79 Å². The zero-order valence-electron chi connectivity index (χ0n) is 7.85. The smallest absolute Gasteiger partial charge is 0.169 e. The first-order valence-electron chi connectivity index (χ1n) is 5.05. The van der Waals surface area contributed by atoms with Crippen molar-refractivity contribution in [3.63, 3.8) is 0 Å². The van der Waals surface area contributed by atoms with E-state index in [4.69, 9.17) is 11.6 Å². The number of rotatable bonds is 0. The zero-order chi connectivity index (χ0) is 9.76. The van der Waals surface area contributed by atoms with Gasteiger partial charge >= 0.3 is 0 Å². The summed E-state index contributed by atoms with van der Waals surface area (Å²) in [6.45, 7) is 0. The summed E-state index contributed by atoms with van der Waals surface area (Å²) < 4.78 is 0. The van der Waals surface area contributed by atoms with Gasteiger partial charge in [-0.05, 0) is 37.0 Å². The molecule has 1 saturated carbocycles. The molecule has 1 aromatic carbocycles. The average molecular weight is 207 g/mol. The van der Waals surface area contributed by atoms with Crippen LogP contribution in [-0.2, 0) is 6.42 Å². The van der Waals surface area contributed by atoms with Gasteiger partial charge in [0.05, 0.1) is 0 Å². The number of ketones is 1. The molecule has 1 fully saturated rings. The number of hydrogen-bond acceptors (Lipinski definition) is 1. The molecule has 2 aliphatic carbocycles. The van der Waals surface area contributed by atoms with Crippen LogP contribution in [-0.4, -0.2) is 5.78 Å². The molecule has 0 heterocycles. The van der Waals surface area contributed by atoms with Gasteiger partial charge in [-0.3, -0.25) is 4.79 Å². The lowest BCUT2D eigenvalue weighted by Gasteiger charge is -2.36. The predicted molar refractivity (Wildman–Crippen MR) is 55.8 cm³/mol. The predicted octanol–water partition coefficient (Wildman–Crippen LogP) is 3.25. The topological polar surface area (TPSA) is 17.1 Å². The molecule has 3 rings (SSSR count). The number of benzene rings is 1. The molecule has 0 amide bonds. The van der Waals surface area contributed by atoms with Crippen LogP contribution in [0.3, 0.4) is 0 Å². The third-order valence-corrected chi connectivity index (χ3v) is 3.87. The fourth-order valence-corrected chi connectivity index (χ4v) is 2.82. The molecule has 1 nitrogen and oxygen atoms in total. The molecule has 2 aliphatic rings. The van der Waals surface area contributed by atoms with E-state index >= 15 is 0 Å². The largest absolute Gasteiger partial charge is 0.294 e. The molecule has 14 heavy (non-hydrogen) atoms. The van der Waals surface area contributed by atoms with Crippen molar-refractivity contribution >= 4 is 17.4 Å². The van der Waals surface area contributed by atoms with Crippen LogP contribution in [0.25, 0.3) is 0 Å². The van der Waals surface area contributed by atoms with Gasteiger partial charge in [0.25, 0.3) is 0 Å². The number of carbonyl (C=O) groups is 1. The fourth-order valence-electron chi connectivity index (χ4n) is 2.65. The van der Waals surface area contributed by atoms with Crippen molar-refractivity contribution in [3.05, 3.63) is 34.3 Å². The van der Waals surface area contributed by atoms with E-state index in [1.807, 2.05) is 18.2 Å². The number of carbonyl (C=O) groups excluding carboxylic acids is 1. The normalized spacial score (nSPS) is 22.2. The van der Waals surface area contributed by atoms with Crippen LogP contribution in [0.1, 0.15) is 35.2 Å². The van der Waals surface area contributed by atoms with Crippen LogP contribution in [0.2, 0.25) is 5.02 Å². The van der Waals surface area contributed by atoms with E-state index < -0.39 is 0 Å². The molecule has 0 saturated heterocycles. The van der Waals surface area contributed by atoms with Crippen LogP contribution in [0.15, 0.2) is 18.2 Å². The maximum absolute atomic E-state index is 12.1. The molecule has 0 unspecified atom stereocenters. The Morgan fingerprint density at radius 1 is 1.29 bits per heavy atom. The summed E-state index contributed by atoms with van der Waals surface area (Å²) in [7, 11) is 0. The number of halogens is 1. The summed E-state index contributed by atoms with van der Waals surface area (Å²) in [4.78, 5) is 12.1. The molecule has 1 spiro atoms. The molecule has 0 atom stereocenters. The van der Waals surface area contributed by atoms with Crippen LogP contribution >= 0.6 is 11.6 Å². The van der Waals surface area contributed by atoms with Gasteiger partial charge in [-0.2, -0.15) is 0 Å². The van der Waals surface area contributed by atoms with Gasteiger partial charge in [0, 0.05) is 16.0 Å². The van der Waals surface area contributed by atoms with Crippen molar-refractivity contribution in [2.75, 3.05) is 0 Å². The molecule has 72 valence electrons. The number of fused-ring (bicyclic) bond motifs is 1. The minimum Gasteiger partial charge on any atom is -0.294 e. The fraction of sp³-hybridized carbons (Fsp3) is 0.417. The quantitative estimate of drug-likeness (QED) is 0.637. The second kappa shape index (κ2) is 2.60. The summed E-state index contributed by atoms with van der Waals surface area (Å²) in [6.07, 6.45) is 4.28.